The lowest BCUT2D eigenvalue weighted by Gasteiger charge is -2.15. The molecule has 1 atom stereocenters. The molecule has 1 heterocycles. The van der Waals surface area contributed by atoms with Gasteiger partial charge in [0.1, 0.15) is 0 Å². The van der Waals surface area contributed by atoms with Crippen molar-refractivity contribution >= 4 is 6.47 Å². The zero-order valence-corrected chi connectivity index (χ0v) is 8.91. The molecule has 0 spiro atoms. The van der Waals surface area contributed by atoms with E-state index in [-0.39, 0.29) is 0 Å². The van der Waals surface area contributed by atoms with Crippen molar-refractivity contribution < 1.29 is 9.53 Å². The lowest BCUT2D eigenvalue weighted by atomic mass is 10.1. The normalized spacial score (nSPS) is 12.1. The molecule has 0 aliphatic heterocycles. The van der Waals surface area contributed by atoms with Crippen molar-refractivity contribution in [3.8, 4) is 0 Å². The Morgan fingerprint density at radius 3 is 2.62 bits per heavy atom. The van der Waals surface area contributed by atoms with Gasteiger partial charge in [-0.1, -0.05) is 30.3 Å². The second-order valence-electron chi connectivity index (χ2n) is 3.40. The SMILES string of the molecule is Cn1nccc1C(OC=O)c1ccccc1. The number of aromatic nitrogens is 2. The Bertz CT molecular complexity index is 465. The molecule has 0 saturated carbocycles. The summed E-state index contributed by atoms with van der Waals surface area (Å²) in [6.07, 6.45) is 1.28. The van der Waals surface area contributed by atoms with Crippen LogP contribution in [0.25, 0.3) is 0 Å². The van der Waals surface area contributed by atoms with Crippen LogP contribution in [0.3, 0.4) is 0 Å². The van der Waals surface area contributed by atoms with E-state index in [0.29, 0.717) is 6.47 Å². The Hall–Kier alpha value is -2.10. The van der Waals surface area contributed by atoms with Crippen molar-refractivity contribution in [1.82, 2.24) is 9.78 Å². The Kier molecular flexibility index (Phi) is 3.00. The summed E-state index contributed by atoms with van der Waals surface area (Å²) in [5.74, 6) is 0. The Balaban J connectivity index is 2.39. The number of hydrogen-bond donors (Lipinski definition) is 0. The first-order valence-electron chi connectivity index (χ1n) is 4.95. The van der Waals surface area contributed by atoms with E-state index >= 15 is 0 Å². The fraction of sp³-hybridized carbons (Fsp3) is 0.167. The molecule has 2 aromatic rings. The van der Waals surface area contributed by atoms with Gasteiger partial charge in [-0.2, -0.15) is 5.10 Å². The van der Waals surface area contributed by atoms with Crippen LogP contribution in [0.4, 0.5) is 0 Å². The van der Waals surface area contributed by atoms with Crippen LogP contribution in [-0.2, 0) is 16.6 Å². The van der Waals surface area contributed by atoms with Gasteiger partial charge >= 0.3 is 0 Å². The molecule has 0 saturated heterocycles. The van der Waals surface area contributed by atoms with E-state index in [2.05, 4.69) is 5.10 Å². The molecule has 2 rings (SSSR count). The minimum Gasteiger partial charge on any atom is -0.453 e. The standard InChI is InChI=1S/C12H12N2O2/c1-14-11(7-8-13-14)12(16-9-15)10-5-3-2-4-6-10/h2-9,12H,1H3. The van der Waals surface area contributed by atoms with Gasteiger partial charge in [0.05, 0.1) is 5.69 Å². The smallest absolute Gasteiger partial charge is 0.294 e. The molecule has 1 aromatic heterocycles. The largest absolute Gasteiger partial charge is 0.453 e. The van der Waals surface area contributed by atoms with Crippen molar-refractivity contribution in [2.45, 2.75) is 6.10 Å². The van der Waals surface area contributed by atoms with Crippen LogP contribution in [0.1, 0.15) is 17.4 Å². The molecule has 1 unspecified atom stereocenters. The van der Waals surface area contributed by atoms with Crippen LogP contribution in [0, 0.1) is 0 Å². The van der Waals surface area contributed by atoms with Crippen molar-refractivity contribution in [2.75, 3.05) is 0 Å². The summed E-state index contributed by atoms with van der Waals surface area (Å²) in [5.41, 5.74) is 1.77. The topological polar surface area (TPSA) is 44.1 Å². The number of aryl methyl sites for hydroxylation is 1. The summed E-state index contributed by atoms with van der Waals surface area (Å²) in [6.45, 7) is 0.463. The summed E-state index contributed by atoms with van der Waals surface area (Å²) in [4.78, 5) is 10.5. The number of ether oxygens (including phenoxy) is 1. The second kappa shape index (κ2) is 4.61. The highest BCUT2D eigenvalue weighted by molar-refractivity contribution is 5.40. The van der Waals surface area contributed by atoms with Gasteiger partial charge in [0, 0.05) is 13.2 Å². The van der Waals surface area contributed by atoms with E-state index < -0.39 is 6.10 Å². The quantitative estimate of drug-likeness (QED) is 0.730. The van der Waals surface area contributed by atoms with Crippen LogP contribution in [0.2, 0.25) is 0 Å². The van der Waals surface area contributed by atoms with Crippen LogP contribution < -0.4 is 0 Å². The molecule has 82 valence electrons. The highest BCUT2D eigenvalue weighted by Gasteiger charge is 2.17. The van der Waals surface area contributed by atoms with Crippen LogP contribution in [-0.4, -0.2) is 16.3 Å². The molecular weight excluding hydrogens is 204 g/mol. The Labute approximate surface area is 93.5 Å². The number of carbonyl (C=O) groups excluding carboxylic acids is 1. The van der Waals surface area contributed by atoms with Crippen LogP contribution >= 0.6 is 0 Å². The maximum Gasteiger partial charge on any atom is 0.294 e. The third-order valence-electron chi connectivity index (χ3n) is 2.42. The molecular formula is C12H12N2O2. The number of benzene rings is 1. The zero-order valence-electron chi connectivity index (χ0n) is 8.91. The molecule has 0 aliphatic carbocycles. The molecule has 0 N–H and O–H groups in total. The molecule has 16 heavy (non-hydrogen) atoms. The van der Waals surface area contributed by atoms with Gasteiger partial charge in [-0.15, -0.1) is 0 Å². The fourth-order valence-corrected chi connectivity index (χ4v) is 1.64. The second-order valence-corrected chi connectivity index (χ2v) is 3.40. The molecule has 4 heteroatoms. The first kappa shape index (κ1) is 10.4. The lowest BCUT2D eigenvalue weighted by Crippen LogP contribution is -2.10. The van der Waals surface area contributed by atoms with E-state index in [1.807, 2.05) is 43.4 Å². The van der Waals surface area contributed by atoms with Crippen molar-refractivity contribution in [2.24, 2.45) is 7.05 Å². The Morgan fingerprint density at radius 2 is 2.06 bits per heavy atom. The van der Waals surface area contributed by atoms with E-state index in [1.165, 1.54) is 0 Å². The lowest BCUT2D eigenvalue weighted by molar-refractivity contribution is -0.132. The first-order valence-corrected chi connectivity index (χ1v) is 4.95. The van der Waals surface area contributed by atoms with Gasteiger partial charge in [-0.05, 0) is 11.6 Å². The average Bonchev–Trinajstić information content (AvgIpc) is 2.73. The van der Waals surface area contributed by atoms with Crippen molar-refractivity contribution in [3.05, 3.63) is 53.9 Å². The van der Waals surface area contributed by atoms with E-state index in [0.717, 1.165) is 11.3 Å². The first-order chi connectivity index (χ1) is 7.83. The Morgan fingerprint density at radius 1 is 1.31 bits per heavy atom. The number of carbonyl (C=O) groups is 1. The van der Waals surface area contributed by atoms with E-state index in [1.54, 1.807) is 10.9 Å². The predicted octanol–water partition coefficient (Wildman–Crippen LogP) is 1.68. The summed E-state index contributed by atoms with van der Waals surface area (Å²) < 4.78 is 6.81. The van der Waals surface area contributed by atoms with Crippen molar-refractivity contribution in [3.63, 3.8) is 0 Å². The van der Waals surface area contributed by atoms with E-state index in [9.17, 15) is 4.79 Å². The molecule has 0 amide bonds. The summed E-state index contributed by atoms with van der Waals surface area (Å²) in [7, 11) is 1.82. The fourth-order valence-electron chi connectivity index (χ4n) is 1.64. The maximum atomic E-state index is 10.5. The minimum atomic E-state index is -0.397. The third kappa shape index (κ3) is 1.95. The molecule has 0 radical (unpaired) electrons. The van der Waals surface area contributed by atoms with Gasteiger partial charge in [0.2, 0.25) is 0 Å². The molecule has 0 fully saturated rings. The van der Waals surface area contributed by atoms with Crippen LogP contribution in [0.5, 0.6) is 0 Å². The maximum absolute atomic E-state index is 10.5. The number of hydrogen-bond acceptors (Lipinski definition) is 3. The zero-order chi connectivity index (χ0) is 11.4. The summed E-state index contributed by atoms with van der Waals surface area (Å²) in [6, 6.07) is 11.4. The van der Waals surface area contributed by atoms with E-state index in [4.69, 9.17) is 4.74 Å². The van der Waals surface area contributed by atoms with Gasteiger partial charge < -0.3 is 4.74 Å². The van der Waals surface area contributed by atoms with Gasteiger partial charge in [0.25, 0.3) is 6.47 Å². The average molecular weight is 216 g/mol. The van der Waals surface area contributed by atoms with Gasteiger partial charge in [0.15, 0.2) is 6.10 Å². The number of nitrogens with zero attached hydrogens (tertiary/aromatic N) is 2. The number of rotatable bonds is 4. The summed E-state index contributed by atoms with van der Waals surface area (Å²) >= 11 is 0. The van der Waals surface area contributed by atoms with Gasteiger partial charge in [-0.25, -0.2) is 0 Å². The predicted molar refractivity (Wildman–Crippen MR) is 58.6 cm³/mol. The molecule has 4 nitrogen and oxygen atoms in total. The van der Waals surface area contributed by atoms with Crippen LogP contribution in [0.15, 0.2) is 42.6 Å². The molecule has 0 bridgehead atoms. The molecule has 1 aromatic carbocycles. The molecule has 0 aliphatic rings. The minimum absolute atomic E-state index is 0.397. The highest BCUT2D eigenvalue weighted by Crippen LogP contribution is 2.24. The highest BCUT2D eigenvalue weighted by atomic mass is 16.5. The monoisotopic (exact) mass is 216 g/mol. The van der Waals surface area contributed by atoms with Gasteiger partial charge in [-0.3, -0.25) is 9.48 Å². The third-order valence-corrected chi connectivity index (χ3v) is 2.42. The van der Waals surface area contributed by atoms with Crippen molar-refractivity contribution in [1.29, 1.82) is 0 Å². The summed E-state index contributed by atoms with van der Waals surface area (Å²) in [5, 5.41) is 4.07.